The fourth-order valence-corrected chi connectivity index (χ4v) is 4.51. The van der Waals surface area contributed by atoms with Gasteiger partial charge in [-0.15, -0.1) is 9.05 Å². The Kier molecular flexibility index (Phi) is 10.9. The summed E-state index contributed by atoms with van der Waals surface area (Å²) in [5.41, 5.74) is 8.50. The van der Waals surface area contributed by atoms with Crippen molar-refractivity contribution in [3.05, 3.63) is 120 Å². The van der Waals surface area contributed by atoms with E-state index < -0.39 is 13.8 Å². The Morgan fingerprint density at radius 1 is 0.806 bits per heavy atom. The summed E-state index contributed by atoms with van der Waals surface area (Å²) in [6.07, 6.45) is 3.50. The summed E-state index contributed by atoms with van der Waals surface area (Å²) >= 11 is 0. The molecule has 2 N–H and O–H groups in total. The Bertz CT molecular complexity index is 1070. The minimum absolute atomic E-state index is 0.440. The van der Waals surface area contributed by atoms with E-state index in [-0.39, 0.29) is 0 Å². The van der Waals surface area contributed by atoms with Crippen LogP contribution in [0.15, 0.2) is 97.3 Å². The van der Waals surface area contributed by atoms with Crippen LogP contribution in [0.4, 0.5) is 0 Å². The van der Waals surface area contributed by atoms with Crippen LogP contribution in [0.3, 0.4) is 0 Å². The van der Waals surface area contributed by atoms with Crippen molar-refractivity contribution >= 4 is 8.25 Å². The zero-order valence-corrected chi connectivity index (χ0v) is 21.8. The normalized spacial score (nSPS) is 11.0. The Hall–Kier alpha value is -3.22. The molecule has 4 aromatic rings. The number of rotatable bonds is 11. The van der Waals surface area contributed by atoms with Crippen molar-refractivity contribution in [1.29, 1.82) is 0 Å². The summed E-state index contributed by atoms with van der Waals surface area (Å²) in [4.78, 5) is 4.59. The third kappa shape index (κ3) is 6.71. The van der Waals surface area contributed by atoms with Crippen LogP contribution in [0.25, 0.3) is 0 Å². The van der Waals surface area contributed by atoms with Crippen molar-refractivity contribution in [2.24, 2.45) is 5.73 Å². The van der Waals surface area contributed by atoms with E-state index in [4.69, 9.17) is 10.8 Å². The lowest BCUT2D eigenvalue weighted by molar-refractivity contribution is 0.243. The molecule has 0 radical (unpaired) electrons. The monoisotopic (exact) mass is 505 g/mol. The van der Waals surface area contributed by atoms with Crippen molar-refractivity contribution in [2.45, 2.75) is 32.2 Å². The van der Waals surface area contributed by atoms with Gasteiger partial charge in [0.25, 0.3) is 0 Å². The molecule has 0 saturated carbocycles. The molecule has 7 nitrogen and oxygen atoms in total. The van der Waals surface area contributed by atoms with Gasteiger partial charge in [-0.1, -0.05) is 91.0 Å². The number of nitrogens with two attached hydrogens (primary N) is 1. The van der Waals surface area contributed by atoms with E-state index in [1.165, 1.54) is 0 Å². The number of aromatic nitrogens is 3. The summed E-state index contributed by atoms with van der Waals surface area (Å²) in [5.74, 6) is 0.817. The first kappa shape index (κ1) is 27.4. The number of nitrogens with zero attached hydrogens (tertiary/aromatic N) is 3. The average molecular weight is 506 g/mol. The largest absolute Gasteiger partial charge is 0.697 e. The molecule has 0 amide bonds. The number of hydrogen-bond donors (Lipinski definition) is 1. The van der Waals surface area contributed by atoms with Crippen LogP contribution in [0.5, 0.6) is 0 Å². The maximum absolute atomic E-state index is 10.3. The summed E-state index contributed by atoms with van der Waals surface area (Å²) in [6, 6.07) is 31.5. The molecular formula is C28H34N4O3P+. The van der Waals surface area contributed by atoms with Gasteiger partial charge >= 0.3 is 8.25 Å². The Morgan fingerprint density at radius 2 is 1.25 bits per heavy atom. The maximum Gasteiger partial charge on any atom is 0.697 e. The van der Waals surface area contributed by atoms with Gasteiger partial charge in [0.05, 0.1) is 0 Å². The number of benzene rings is 3. The quantitative estimate of drug-likeness (QED) is 0.207. The van der Waals surface area contributed by atoms with Crippen molar-refractivity contribution in [1.82, 2.24) is 14.8 Å². The molecule has 0 aliphatic carbocycles. The van der Waals surface area contributed by atoms with Crippen LogP contribution < -0.4 is 5.73 Å². The van der Waals surface area contributed by atoms with Gasteiger partial charge in [-0.25, -0.2) is 9.67 Å². The van der Waals surface area contributed by atoms with Gasteiger partial charge in [-0.05, 0) is 43.5 Å². The van der Waals surface area contributed by atoms with Gasteiger partial charge in [0.15, 0.2) is 5.82 Å². The summed E-state index contributed by atoms with van der Waals surface area (Å²) in [6.45, 7) is 5.05. The van der Waals surface area contributed by atoms with Gasteiger partial charge in [0.1, 0.15) is 25.1 Å². The van der Waals surface area contributed by atoms with E-state index in [0.717, 1.165) is 35.4 Å². The van der Waals surface area contributed by atoms with Crippen LogP contribution in [-0.2, 0) is 25.6 Å². The predicted molar refractivity (Wildman–Crippen MR) is 143 cm³/mol. The molecule has 0 spiro atoms. The third-order valence-electron chi connectivity index (χ3n) is 5.53. The van der Waals surface area contributed by atoms with Crippen molar-refractivity contribution in [3.8, 4) is 0 Å². The lowest BCUT2D eigenvalue weighted by Crippen LogP contribution is -2.38. The summed E-state index contributed by atoms with van der Waals surface area (Å²) < 4.78 is 21.5. The zero-order valence-electron chi connectivity index (χ0n) is 20.9. The van der Waals surface area contributed by atoms with E-state index in [0.29, 0.717) is 19.8 Å². The molecule has 8 heteroatoms. The van der Waals surface area contributed by atoms with Gasteiger partial charge < -0.3 is 5.73 Å². The lowest BCUT2D eigenvalue weighted by atomic mass is 9.77. The molecule has 4 rings (SSSR count). The zero-order chi connectivity index (χ0) is 25.6. The SMILES string of the molecule is CCO[P+](=O)OCC.NCCCc1ncn(C(c2ccccc2)(c2ccccc2)c2ccccc2)n1. The fourth-order valence-electron chi connectivity index (χ4n) is 4.02. The maximum atomic E-state index is 10.3. The lowest BCUT2D eigenvalue weighted by Gasteiger charge is -2.35. The van der Waals surface area contributed by atoms with Gasteiger partial charge in [0.2, 0.25) is 0 Å². The van der Waals surface area contributed by atoms with Crippen LogP contribution in [-0.4, -0.2) is 34.5 Å². The highest BCUT2D eigenvalue weighted by atomic mass is 31.1. The third-order valence-corrected chi connectivity index (χ3v) is 6.47. The van der Waals surface area contributed by atoms with Crippen LogP contribution >= 0.6 is 8.25 Å². The van der Waals surface area contributed by atoms with Crippen molar-refractivity contribution in [3.63, 3.8) is 0 Å². The molecule has 0 aliphatic rings. The second-order valence-electron chi connectivity index (χ2n) is 7.87. The molecular weight excluding hydrogens is 471 g/mol. The highest BCUT2D eigenvalue weighted by Crippen LogP contribution is 2.40. The van der Waals surface area contributed by atoms with Crippen molar-refractivity contribution in [2.75, 3.05) is 19.8 Å². The predicted octanol–water partition coefficient (Wildman–Crippen LogP) is 5.73. The molecule has 188 valence electrons. The molecule has 0 fully saturated rings. The van der Waals surface area contributed by atoms with E-state index in [9.17, 15) is 4.57 Å². The number of aryl methyl sites for hydroxylation is 1. The first-order chi connectivity index (χ1) is 17.7. The Labute approximate surface area is 214 Å². The number of hydrogen-bond acceptors (Lipinski definition) is 6. The second-order valence-corrected chi connectivity index (χ2v) is 8.83. The summed E-state index contributed by atoms with van der Waals surface area (Å²) in [5, 5.41) is 4.90. The topological polar surface area (TPSA) is 92.3 Å². The minimum Gasteiger partial charge on any atom is -0.330 e. The molecule has 0 unspecified atom stereocenters. The highest BCUT2D eigenvalue weighted by Gasteiger charge is 2.39. The van der Waals surface area contributed by atoms with Crippen LogP contribution in [0.1, 0.15) is 42.8 Å². The second kappa shape index (κ2) is 14.4. The van der Waals surface area contributed by atoms with Crippen LogP contribution in [0, 0.1) is 0 Å². The van der Waals surface area contributed by atoms with Gasteiger partial charge in [0, 0.05) is 11.0 Å². The van der Waals surface area contributed by atoms with Crippen molar-refractivity contribution < 1.29 is 13.6 Å². The van der Waals surface area contributed by atoms with E-state index in [2.05, 4.69) is 86.8 Å². The molecule has 0 aliphatic heterocycles. The minimum atomic E-state index is -1.83. The Balaban J connectivity index is 0.000000392. The summed E-state index contributed by atoms with van der Waals surface area (Å²) in [7, 11) is -1.83. The van der Waals surface area contributed by atoms with E-state index in [1.54, 1.807) is 13.8 Å². The molecule has 0 saturated heterocycles. The highest BCUT2D eigenvalue weighted by molar-refractivity contribution is 7.33. The molecule has 0 atom stereocenters. The Morgan fingerprint density at radius 3 is 1.64 bits per heavy atom. The molecule has 36 heavy (non-hydrogen) atoms. The van der Waals surface area contributed by atoms with E-state index in [1.807, 2.05) is 29.2 Å². The molecule has 3 aromatic carbocycles. The first-order valence-electron chi connectivity index (χ1n) is 12.2. The van der Waals surface area contributed by atoms with Gasteiger partial charge in [-0.3, -0.25) is 0 Å². The first-order valence-corrected chi connectivity index (χ1v) is 13.3. The molecule has 0 bridgehead atoms. The molecule has 1 aromatic heterocycles. The average Bonchev–Trinajstić information content (AvgIpc) is 3.40. The smallest absolute Gasteiger partial charge is 0.330 e. The van der Waals surface area contributed by atoms with Crippen LogP contribution in [0.2, 0.25) is 0 Å². The molecule has 1 heterocycles. The standard InChI is InChI=1S/C24H24N4.C4H10O3P/c25-18-10-17-23-26-19-28(27-23)24(20-11-4-1-5-12-20,21-13-6-2-7-14-21)22-15-8-3-9-16-22;1-3-6-8(5)7-4-2/h1-9,11-16,19H,10,17-18,25H2;3-4H2,1-2H3/q;+1. The fraction of sp³-hybridized carbons (Fsp3) is 0.286. The van der Waals surface area contributed by atoms with Gasteiger partial charge in [-0.2, -0.15) is 5.10 Å². The van der Waals surface area contributed by atoms with E-state index >= 15 is 0 Å².